The average Bonchev–Trinajstić information content (AvgIpc) is 2.95. The Morgan fingerprint density at radius 2 is 1.92 bits per heavy atom. The van der Waals surface area contributed by atoms with Crippen molar-refractivity contribution in [3.05, 3.63) is 35.9 Å². The van der Waals surface area contributed by atoms with E-state index in [9.17, 15) is 14.7 Å². The van der Waals surface area contributed by atoms with Gasteiger partial charge < -0.3 is 10.4 Å². The van der Waals surface area contributed by atoms with Crippen LogP contribution in [0.5, 0.6) is 0 Å². The number of amides is 1. The zero-order valence-corrected chi connectivity index (χ0v) is 14.0. The first-order chi connectivity index (χ1) is 11.6. The van der Waals surface area contributed by atoms with Gasteiger partial charge in [-0.25, -0.2) is 0 Å². The number of carbonyl (C=O) groups is 2. The summed E-state index contributed by atoms with van der Waals surface area (Å²) in [5.41, 5.74) is 1.19. The van der Waals surface area contributed by atoms with Crippen LogP contribution in [-0.2, 0) is 16.0 Å². The molecule has 130 valence electrons. The molecule has 2 N–H and O–H groups in total. The maximum absolute atomic E-state index is 12.3. The van der Waals surface area contributed by atoms with Gasteiger partial charge in [-0.05, 0) is 37.2 Å². The molecule has 0 radical (unpaired) electrons. The van der Waals surface area contributed by atoms with Crippen LogP contribution in [0.1, 0.15) is 37.7 Å². The Morgan fingerprint density at radius 3 is 2.67 bits per heavy atom. The molecule has 1 aromatic rings. The highest BCUT2D eigenvalue weighted by Gasteiger charge is 2.45. The summed E-state index contributed by atoms with van der Waals surface area (Å²) in [5.74, 6) is -0.415. The largest absolute Gasteiger partial charge is 0.480 e. The third kappa shape index (κ3) is 3.96. The molecule has 3 rings (SSSR count). The molecule has 1 aliphatic heterocycles. The molecule has 24 heavy (non-hydrogen) atoms. The first-order valence-electron chi connectivity index (χ1n) is 8.94. The molecule has 3 atom stereocenters. The van der Waals surface area contributed by atoms with Gasteiger partial charge in [-0.3, -0.25) is 14.5 Å². The monoisotopic (exact) mass is 330 g/mol. The standard InChI is InChI=1S/C19H26N2O3/c22-18(20-11-10-14-6-2-1-3-7-14)13-21-16-9-5-4-8-15(16)12-17(21)19(23)24/h1-3,6-7,15-17H,4-5,8-13H2,(H,20,22)(H,23,24)/t15-,16-,17+/m1/s1. The third-order valence-corrected chi connectivity index (χ3v) is 5.41. The Balaban J connectivity index is 1.52. The van der Waals surface area contributed by atoms with E-state index in [-0.39, 0.29) is 18.5 Å². The van der Waals surface area contributed by atoms with Gasteiger partial charge in [-0.15, -0.1) is 0 Å². The van der Waals surface area contributed by atoms with Crippen LogP contribution in [0, 0.1) is 5.92 Å². The van der Waals surface area contributed by atoms with Crippen LogP contribution >= 0.6 is 0 Å². The summed E-state index contributed by atoms with van der Waals surface area (Å²) in [7, 11) is 0. The van der Waals surface area contributed by atoms with Crippen molar-refractivity contribution in [3.8, 4) is 0 Å². The molecular formula is C19H26N2O3. The van der Waals surface area contributed by atoms with Crippen molar-refractivity contribution in [2.24, 2.45) is 5.92 Å². The lowest BCUT2D eigenvalue weighted by Crippen LogP contribution is -2.47. The lowest BCUT2D eigenvalue weighted by molar-refractivity contribution is -0.143. The molecule has 1 saturated carbocycles. The molecule has 2 aliphatic rings. The first kappa shape index (κ1) is 17.0. The quantitative estimate of drug-likeness (QED) is 0.838. The predicted molar refractivity (Wildman–Crippen MR) is 91.6 cm³/mol. The highest BCUT2D eigenvalue weighted by Crippen LogP contribution is 2.39. The van der Waals surface area contributed by atoms with Gasteiger partial charge in [0, 0.05) is 12.6 Å². The Kier molecular flexibility index (Phi) is 5.51. The zero-order chi connectivity index (χ0) is 16.9. The number of carboxylic acids is 1. The van der Waals surface area contributed by atoms with Crippen LogP contribution in [0.25, 0.3) is 0 Å². The molecule has 5 nitrogen and oxygen atoms in total. The van der Waals surface area contributed by atoms with Gasteiger partial charge in [0.15, 0.2) is 0 Å². The number of carbonyl (C=O) groups excluding carboxylic acids is 1. The number of benzene rings is 1. The van der Waals surface area contributed by atoms with Crippen molar-refractivity contribution in [1.82, 2.24) is 10.2 Å². The molecule has 0 unspecified atom stereocenters. The maximum atomic E-state index is 12.3. The summed E-state index contributed by atoms with van der Waals surface area (Å²) in [4.78, 5) is 25.8. The van der Waals surface area contributed by atoms with Crippen molar-refractivity contribution in [2.45, 2.75) is 50.6 Å². The number of nitrogens with one attached hydrogen (secondary N) is 1. The summed E-state index contributed by atoms with van der Waals surface area (Å²) in [6, 6.07) is 9.80. The van der Waals surface area contributed by atoms with E-state index in [4.69, 9.17) is 0 Å². The molecule has 0 bridgehead atoms. The van der Waals surface area contributed by atoms with Crippen LogP contribution in [0.2, 0.25) is 0 Å². The van der Waals surface area contributed by atoms with Crippen LogP contribution < -0.4 is 5.32 Å². The maximum Gasteiger partial charge on any atom is 0.320 e. The Bertz CT molecular complexity index is 575. The molecule has 1 amide bonds. The van der Waals surface area contributed by atoms with Crippen molar-refractivity contribution < 1.29 is 14.7 Å². The Hall–Kier alpha value is -1.88. The second kappa shape index (κ2) is 7.79. The fourth-order valence-corrected chi connectivity index (χ4v) is 4.24. The van der Waals surface area contributed by atoms with Crippen LogP contribution in [0.4, 0.5) is 0 Å². The predicted octanol–water partition coefficient (Wildman–Crippen LogP) is 2.06. The summed E-state index contributed by atoms with van der Waals surface area (Å²) in [6.07, 6.45) is 5.93. The number of rotatable bonds is 6. The number of likely N-dealkylation sites (tertiary alicyclic amines) is 1. The van der Waals surface area contributed by atoms with E-state index in [1.54, 1.807) is 0 Å². The van der Waals surface area contributed by atoms with Gasteiger partial charge in [-0.1, -0.05) is 43.2 Å². The van der Waals surface area contributed by atoms with Crippen molar-refractivity contribution >= 4 is 11.9 Å². The van der Waals surface area contributed by atoms with Crippen LogP contribution in [0.3, 0.4) is 0 Å². The number of hydrogen-bond acceptors (Lipinski definition) is 3. The van der Waals surface area contributed by atoms with Gasteiger partial charge in [0.25, 0.3) is 0 Å². The van der Waals surface area contributed by atoms with Crippen molar-refractivity contribution in [2.75, 3.05) is 13.1 Å². The molecule has 2 fully saturated rings. The normalized spacial score (nSPS) is 26.8. The molecule has 0 spiro atoms. The average molecular weight is 330 g/mol. The van der Waals surface area contributed by atoms with E-state index >= 15 is 0 Å². The minimum Gasteiger partial charge on any atom is -0.480 e. The molecule has 0 aromatic heterocycles. The highest BCUT2D eigenvalue weighted by atomic mass is 16.4. The highest BCUT2D eigenvalue weighted by molar-refractivity contribution is 5.80. The van der Waals surface area contributed by atoms with Gasteiger partial charge in [-0.2, -0.15) is 0 Å². The fraction of sp³-hybridized carbons (Fsp3) is 0.579. The van der Waals surface area contributed by atoms with E-state index in [0.29, 0.717) is 18.9 Å². The Morgan fingerprint density at radius 1 is 1.17 bits per heavy atom. The van der Waals surface area contributed by atoms with E-state index in [1.165, 1.54) is 12.0 Å². The molecular weight excluding hydrogens is 304 g/mol. The number of aliphatic carboxylic acids is 1. The summed E-state index contributed by atoms with van der Waals surface area (Å²) < 4.78 is 0. The van der Waals surface area contributed by atoms with Crippen LogP contribution in [0.15, 0.2) is 30.3 Å². The van der Waals surface area contributed by atoms with Gasteiger partial charge in [0.2, 0.25) is 5.91 Å². The zero-order valence-electron chi connectivity index (χ0n) is 14.0. The molecule has 1 aliphatic carbocycles. The van der Waals surface area contributed by atoms with E-state index in [2.05, 4.69) is 5.32 Å². The minimum absolute atomic E-state index is 0.0663. The first-order valence-corrected chi connectivity index (χ1v) is 8.94. The molecule has 1 heterocycles. The molecule has 1 saturated heterocycles. The number of hydrogen-bond donors (Lipinski definition) is 2. The van der Waals surface area contributed by atoms with E-state index in [1.807, 2.05) is 35.2 Å². The molecule has 1 aromatic carbocycles. The van der Waals surface area contributed by atoms with Gasteiger partial charge in [0.05, 0.1) is 6.54 Å². The van der Waals surface area contributed by atoms with Gasteiger partial charge in [0.1, 0.15) is 6.04 Å². The lowest BCUT2D eigenvalue weighted by Gasteiger charge is -2.32. The summed E-state index contributed by atoms with van der Waals surface area (Å²) in [6.45, 7) is 0.787. The minimum atomic E-state index is -0.790. The number of nitrogens with zero attached hydrogens (tertiary/aromatic N) is 1. The summed E-state index contributed by atoms with van der Waals surface area (Å²) >= 11 is 0. The second-order valence-electron chi connectivity index (χ2n) is 6.96. The fourth-order valence-electron chi connectivity index (χ4n) is 4.24. The number of carboxylic acid groups (broad SMARTS) is 1. The lowest BCUT2D eigenvalue weighted by atomic mass is 9.85. The topological polar surface area (TPSA) is 69.6 Å². The second-order valence-corrected chi connectivity index (χ2v) is 6.96. The third-order valence-electron chi connectivity index (χ3n) is 5.41. The van der Waals surface area contributed by atoms with Gasteiger partial charge >= 0.3 is 5.97 Å². The summed E-state index contributed by atoms with van der Waals surface area (Å²) in [5, 5.41) is 12.4. The van der Waals surface area contributed by atoms with Crippen molar-refractivity contribution in [3.63, 3.8) is 0 Å². The van der Waals surface area contributed by atoms with Crippen molar-refractivity contribution in [1.29, 1.82) is 0 Å². The Labute approximate surface area is 143 Å². The number of fused-ring (bicyclic) bond motifs is 1. The molecule has 5 heteroatoms. The van der Waals surface area contributed by atoms with E-state index < -0.39 is 12.0 Å². The van der Waals surface area contributed by atoms with E-state index in [0.717, 1.165) is 25.7 Å². The smallest absolute Gasteiger partial charge is 0.320 e. The van der Waals surface area contributed by atoms with Crippen LogP contribution in [-0.4, -0.2) is 47.1 Å². The SMILES string of the molecule is O=C(CN1[C@@H]2CCCC[C@@H]2C[C@H]1C(=O)O)NCCc1ccccc1.